The van der Waals surface area contributed by atoms with E-state index in [1.165, 1.54) is 32.5 Å². The average Bonchev–Trinajstić information content (AvgIpc) is 2.15. The highest BCUT2D eigenvalue weighted by molar-refractivity contribution is 4.77. The second-order valence-electron chi connectivity index (χ2n) is 6.67. The SMILES string of the molecule is CN1CCCC(CN(C)CC(C)(C)CCN)C1. The standard InChI is InChI=1S/C14H31N3/c1-14(2,7-8-15)12-17(4)11-13-6-5-9-16(3)10-13/h13H,5-12,15H2,1-4H3. The van der Waals surface area contributed by atoms with Crippen molar-refractivity contribution >= 4 is 0 Å². The van der Waals surface area contributed by atoms with Crippen molar-refractivity contribution in [2.75, 3.05) is 46.8 Å². The third-order valence-corrected chi connectivity index (χ3v) is 3.81. The van der Waals surface area contributed by atoms with Gasteiger partial charge in [-0.1, -0.05) is 13.8 Å². The van der Waals surface area contributed by atoms with E-state index in [4.69, 9.17) is 5.73 Å². The highest BCUT2D eigenvalue weighted by Crippen LogP contribution is 2.22. The Labute approximate surface area is 107 Å². The zero-order chi connectivity index (χ0) is 12.9. The van der Waals surface area contributed by atoms with Crippen LogP contribution in [-0.2, 0) is 0 Å². The molecule has 102 valence electrons. The molecular formula is C14H31N3. The first kappa shape index (κ1) is 14.9. The fraction of sp³-hybridized carbons (Fsp3) is 1.00. The molecule has 1 fully saturated rings. The Kier molecular flexibility index (Phi) is 5.90. The summed E-state index contributed by atoms with van der Waals surface area (Å²) in [6, 6.07) is 0. The molecule has 17 heavy (non-hydrogen) atoms. The van der Waals surface area contributed by atoms with Gasteiger partial charge in [0.15, 0.2) is 0 Å². The molecule has 1 atom stereocenters. The van der Waals surface area contributed by atoms with Gasteiger partial charge in [-0.05, 0) is 57.8 Å². The fourth-order valence-corrected chi connectivity index (χ4v) is 3.13. The lowest BCUT2D eigenvalue weighted by molar-refractivity contribution is 0.135. The number of hydrogen-bond acceptors (Lipinski definition) is 3. The molecule has 1 rings (SSSR count). The largest absolute Gasteiger partial charge is 0.330 e. The van der Waals surface area contributed by atoms with E-state index >= 15 is 0 Å². The summed E-state index contributed by atoms with van der Waals surface area (Å²) in [5, 5.41) is 0. The van der Waals surface area contributed by atoms with Gasteiger partial charge in [-0.15, -0.1) is 0 Å². The van der Waals surface area contributed by atoms with E-state index in [0.717, 1.165) is 25.4 Å². The monoisotopic (exact) mass is 241 g/mol. The van der Waals surface area contributed by atoms with Gasteiger partial charge in [0.2, 0.25) is 0 Å². The molecule has 0 spiro atoms. The van der Waals surface area contributed by atoms with Gasteiger partial charge in [-0.2, -0.15) is 0 Å². The van der Waals surface area contributed by atoms with Crippen molar-refractivity contribution in [3.8, 4) is 0 Å². The topological polar surface area (TPSA) is 32.5 Å². The first-order valence-corrected chi connectivity index (χ1v) is 7.00. The van der Waals surface area contributed by atoms with E-state index in [9.17, 15) is 0 Å². The van der Waals surface area contributed by atoms with Crippen molar-refractivity contribution in [3.05, 3.63) is 0 Å². The van der Waals surface area contributed by atoms with Crippen LogP contribution >= 0.6 is 0 Å². The lowest BCUT2D eigenvalue weighted by Gasteiger charge is -2.35. The zero-order valence-electron chi connectivity index (χ0n) is 12.2. The van der Waals surface area contributed by atoms with Gasteiger partial charge in [0.05, 0.1) is 0 Å². The van der Waals surface area contributed by atoms with Gasteiger partial charge in [0.25, 0.3) is 0 Å². The molecule has 1 aliphatic heterocycles. The molecular weight excluding hydrogens is 210 g/mol. The minimum atomic E-state index is 0.351. The maximum Gasteiger partial charge on any atom is 0.00302 e. The highest BCUT2D eigenvalue weighted by atomic mass is 15.1. The summed E-state index contributed by atoms with van der Waals surface area (Å²) in [6.45, 7) is 10.4. The predicted octanol–water partition coefficient (Wildman–Crippen LogP) is 1.64. The van der Waals surface area contributed by atoms with E-state index in [-0.39, 0.29) is 0 Å². The second-order valence-corrected chi connectivity index (χ2v) is 6.67. The van der Waals surface area contributed by atoms with Crippen molar-refractivity contribution in [3.63, 3.8) is 0 Å². The number of nitrogens with zero attached hydrogens (tertiary/aromatic N) is 2. The van der Waals surface area contributed by atoms with Crippen LogP contribution in [-0.4, -0.2) is 56.6 Å². The van der Waals surface area contributed by atoms with Crippen molar-refractivity contribution in [1.82, 2.24) is 9.80 Å². The minimum Gasteiger partial charge on any atom is -0.330 e. The van der Waals surface area contributed by atoms with Crippen molar-refractivity contribution in [2.45, 2.75) is 33.1 Å². The minimum absolute atomic E-state index is 0.351. The zero-order valence-corrected chi connectivity index (χ0v) is 12.2. The Bertz CT molecular complexity index is 216. The molecule has 1 aliphatic rings. The predicted molar refractivity (Wildman–Crippen MR) is 75.2 cm³/mol. The van der Waals surface area contributed by atoms with Crippen LogP contribution in [0.25, 0.3) is 0 Å². The van der Waals surface area contributed by atoms with E-state index in [1.54, 1.807) is 0 Å². The quantitative estimate of drug-likeness (QED) is 0.767. The number of rotatable bonds is 6. The first-order chi connectivity index (χ1) is 7.93. The molecule has 0 aromatic rings. The summed E-state index contributed by atoms with van der Waals surface area (Å²) < 4.78 is 0. The van der Waals surface area contributed by atoms with E-state index < -0.39 is 0 Å². The van der Waals surface area contributed by atoms with Gasteiger partial charge < -0.3 is 15.5 Å². The van der Waals surface area contributed by atoms with Crippen molar-refractivity contribution in [2.24, 2.45) is 17.1 Å². The molecule has 3 nitrogen and oxygen atoms in total. The molecule has 0 aromatic carbocycles. The summed E-state index contributed by atoms with van der Waals surface area (Å²) in [4.78, 5) is 4.96. The first-order valence-electron chi connectivity index (χ1n) is 7.00. The molecule has 0 saturated carbocycles. The number of likely N-dealkylation sites (tertiary alicyclic amines) is 1. The highest BCUT2D eigenvalue weighted by Gasteiger charge is 2.23. The molecule has 1 heterocycles. The third kappa shape index (κ3) is 5.84. The third-order valence-electron chi connectivity index (χ3n) is 3.81. The van der Waals surface area contributed by atoms with Gasteiger partial charge in [0.1, 0.15) is 0 Å². The number of hydrogen-bond donors (Lipinski definition) is 1. The molecule has 0 aromatic heterocycles. The van der Waals surface area contributed by atoms with E-state index in [2.05, 4.69) is 37.7 Å². The second kappa shape index (κ2) is 6.72. The average molecular weight is 241 g/mol. The van der Waals surface area contributed by atoms with E-state index in [0.29, 0.717) is 5.41 Å². The molecule has 1 saturated heterocycles. The summed E-state index contributed by atoms with van der Waals surface area (Å²) in [6.07, 6.45) is 3.87. The fourth-order valence-electron chi connectivity index (χ4n) is 3.13. The van der Waals surface area contributed by atoms with Gasteiger partial charge in [-0.25, -0.2) is 0 Å². The Morgan fingerprint density at radius 3 is 2.71 bits per heavy atom. The smallest absolute Gasteiger partial charge is 0.00302 e. The Balaban J connectivity index is 2.30. The Morgan fingerprint density at radius 2 is 2.12 bits per heavy atom. The van der Waals surface area contributed by atoms with Crippen molar-refractivity contribution < 1.29 is 0 Å². The summed E-state index contributed by atoms with van der Waals surface area (Å²) in [7, 11) is 4.50. The van der Waals surface area contributed by atoms with E-state index in [1.807, 2.05) is 0 Å². The Hall–Kier alpha value is -0.120. The summed E-state index contributed by atoms with van der Waals surface area (Å²) >= 11 is 0. The van der Waals surface area contributed by atoms with Crippen LogP contribution in [0.15, 0.2) is 0 Å². The molecule has 0 bridgehead atoms. The number of nitrogens with two attached hydrogens (primary N) is 1. The summed E-state index contributed by atoms with van der Waals surface area (Å²) in [5.74, 6) is 0.854. The molecule has 1 unspecified atom stereocenters. The van der Waals surface area contributed by atoms with Crippen molar-refractivity contribution in [1.29, 1.82) is 0 Å². The molecule has 2 N–H and O–H groups in total. The number of piperidine rings is 1. The van der Waals surface area contributed by atoms with Crippen LogP contribution in [0.3, 0.4) is 0 Å². The van der Waals surface area contributed by atoms with Crippen LogP contribution in [0.4, 0.5) is 0 Å². The molecule has 0 aliphatic carbocycles. The molecule has 0 amide bonds. The van der Waals surface area contributed by atoms with Crippen LogP contribution < -0.4 is 5.73 Å². The molecule has 0 radical (unpaired) electrons. The summed E-state index contributed by atoms with van der Waals surface area (Å²) in [5.41, 5.74) is 6.02. The van der Waals surface area contributed by atoms with Crippen LogP contribution in [0.2, 0.25) is 0 Å². The van der Waals surface area contributed by atoms with Gasteiger partial charge in [-0.3, -0.25) is 0 Å². The maximum atomic E-state index is 5.67. The van der Waals surface area contributed by atoms with Gasteiger partial charge in [0, 0.05) is 19.6 Å². The van der Waals surface area contributed by atoms with Crippen LogP contribution in [0.1, 0.15) is 33.1 Å². The van der Waals surface area contributed by atoms with Crippen LogP contribution in [0.5, 0.6) is 0 Å². The lowest BCUT2D eigenvalue weighted by atomic mass is 9.88. The van der Waals surface area contributed by atoms with Gasteiger partial charge >= 0.3 is 0 Å². The Morgan fingerprint density at radius 1 is 1.41 bits per heavy atom. The normalized spacial score (nSPS) is 23.3. The lowest BCUT2D eigenvalue weighted by Crippen LogP contribution is -2.41. The molecule has 3 heteroatoms. The maximum absolute atomic E-state index is 5.67. The van der Waals surface area contributed by atoms with Crippen LogP contribution in [0, 0.1) is 11.3 Å².